The van der Waals surface area contributed by atoms with Crippen LogP contribution in [0, 0.1) is 0 Å². The van der Waals surface area contributed by atoms with Crippen molar-refractivity contribution in [3.8, 4) is 0 Å². The Balaban J connectivity index is 1.37. The average molecular weight is 552 g/mol. The Morgan fingerprint density at radius 2 is 1.84 bits per heavy atom. The topological polar surface area (TPSA) is 109 Å². The Bertz CT molecular complexity index is 1420. The van der Waals surface area contributed by atoms with Gasteiger partial charge in [-0.05, 0) is 43.0 Å². The van der Waals surface area contributed by atoms with Gasteiger partial charge in [0.25, 0.3) is 0 Å². The molecule has 4 heterocycles. The van der Waals surface area contributed by atoms with E-state index in [4.69, 9.17) is 4.52 Å². The second-order valence-electron chi connectivity index (χ2n) is 9.84. The van der Waals surface area contributed by atoms with Gasteiger partial charge in [0, 0.05) is 49.6 Å². The van der Waals surface area contributed by atoms with Crippen molar-refractivity contribution in [3.63, 3.8) is 0 Å². The Morgan fingerprint density at radius 1 is 1.11 bits per heavy atom. The predicted octanol–water partition coefficient (Wildman–Crippen LogP) is 4.08. The van der Waals surface area contributed by atoms with E-state index in [1.165, 1.54) is 12.1 Å². The van der Waals surface area contributed by atoms with Crippen molar-refractivity contribution < 1.29 is 26.1 Å². The molecule has 38 heavy (non-hydrogen) atoms. The van der Waals surface area contributed by atoms with Crippen molar-refractivity contribution in [1.29, 1.82) is 0 Å². The standard InChI is InChI=1S/C24H28F3N7O3S/c1-15(2)22-30-23(37-31-22)32-9-7-17(8-10-32)34(24(25,26)27)21-13-20(28-14-29-21)33-11-6-16-12-18(38(3,35)36)4-5-19(16)33/h4-5,12-15,17H,6-11H2,1-3H3. The van der Waals surface area contributed by atoms with Crippen LogP contribution in [0.3, 0.4) is 0 Å². The van der Waals surface area contributed by atoms with Crippen LogP contribution in [0.1, 0.15) is 44.0 Å². The molecule has 0 amide bonds. The number of nitrogens with zero attached hydrogens (tertiary/aromatic N) is 7. The van der Waals surface area contributed by atoms with Crippen LogP contribution in [-0.2, 0) is 16.3 Å². The summed E-state index contributed by atoms with van der Waals surface area (Å²) < 4.78 is 72.2. The first kappa shape index (κ1) is 26.2. The zero-order valence-electron chi connectivity index (χ0n) is 21.2. The van der Waals surface area contributed by atoms with Crippen molar-refractivity contribution in [2.45, 2.75) is 56.3 Å². The van der Waals surface area contributed by atoms with Gasteiger partial charge in [-0.15, -0.1) is 0 Å². The first-order valence-electron chi connectivity index (χ1n) is 12.3. The molecule has 10 nitrogen and oxygen atoms in total. The van der Waals surface area contributed by atoms with Crippen LogP contribution in [-0.4, -0.2) is 66.8 Å². The van der Waals surface area contributed by atoms with Crippen molar-refractivity contribution in [1.82, 2.24) is 20.1 Å². The van der Waals surface area contributed by atoms with Crippen LogP contribution < -0.4 is 14.7 Å². The van der Waals surface area contributed by atoms with Gasteiger partial charge in [0.15, 0.2) is 15.7 Å². The van der Waals surface area contributed by atoms with E-state index in [1.807, 2.05) is 13.8 Å². The van der Waals surface area contributed by atoms with Gasteiger partial charge in [0.2, 0.25) is 0 Å². The highest BCUT2D eigenvalue weighted by molar-refractivity contribution is 7.90. The van der Waals surface area contributed by atoms with E-state index >= 15 is 0 Å². The highest BCUT2D eigenvalue weighted by atomic mass is 32.2. The number of rotatable bonds is 6. The molecule has 1 saturated heterocycles. The third-order valence-corrected chi connectivity index (χ3v) is 7.97. The molecule has 0 spiro atoms. The molecule has 0 unspecified atom stereocenters. The van der Waals surface area contributed by atoms with Gasteiger partial charge in [-0.25, -0.2) is 18.4 Å². The first-order chi connectivity index (χ1) is 17.9. The first-order valence-corrected chi connectivity index (χ1v) is 14.2. The molecule has 2 aliphatic rings. The number of alkyl halides is 3. The number of halogens is 3. The van der Waals surface area contributed by atoms with E-state index < -0.39 is 22.2 Å². The zero-order chi connectivity index (χ0) is 27.2. The number of hydrogen-bond acceptors (Lipinski definition) is 10. The number of sulfone groups is 1. The van der Waals surface area contributed by atoms with E-state index in [0.29, 0.717) is 54.3 Å². The van der Waals surface area contributed by atoms with Crippen molar-refractivity contribution >= 4 is 33.2 Å². The molecule has 0 radical (unpaired) electrons. The van der Waals surface area contributed by atoms with E-state index in [1.54, 1.807) is 21.9 Å². The summed E-state index contributed by atoms with van der Waals surface area (Å²) in [6, 6.07) is 5.60. The van der Waals surface area contributed by atoms with Gasteiger partial charge < -0.3 is 14.3 Å². The quantitative estimate of drug-likeness (QED) is 0.416. The van der Waals surface area contributed by atoms with E-state index in [2.05, 4.69) is 20.1 Å². The summed E-state index contributed by atoms with van der Waals surface area (Å²) in [5.74, 6) is 0.729. The van der Waals surface area contributed by atoms with Gasteiger partial charge in [-0.2, -0.15) is 18.2 Å². The lowest BCUT2D eigenvalue weighted by Gasteiger charge is -2.39. The molecule has 0 atom stereocenters. The Hall–Kier alpha value is -3.42. The van der Waals surface area contributed by atoms with Crippen LogP contribution in [0.4, 0.5) is 36.5 Å². The molecule has 5 rings (SSSR count). The maximum Gasteiger partial charge on any atom is 0.486 e. The maximum absolute atomic E-state index is 14.3. The molecule has 204 valence electrons. The Labute approximate surface area is 218 Å². The Kier molecular flexibility index (Phi) is 6.70. The minimum atomic E-state index is -4.65. The third kappa shape index (κ3) is 5.13. The SMILES string of the molecule is CC(C)c1noc(N2CCC(N(c3cc(N4CCc5cc(S(C)(=O)=O)ccc54)ncn3)C(F)(F)F)CC2)n1. The van der Waals surface area contributed by atoms with Gasteiger partial charge in [0.1, 0.15) is 18.0 Å². The van der Waals surface area contributed by atoms with E-state index in [0.717, 1.165) is 18.1 Å². The predicted molar refractivity (Wildman–Crippen MR) is 134 cm³/mol. The zero-order valence-corrected chi connectivity index (χ0v) is 22.0. The fourth-order valence-corrected chi connectivity index (χ4v) is 5.56. The number of anilines is 4. The molecular weight excluding hydrogens is 523 g/mol. The summed E-state index contributed by atoms with van der Waals surface area (Å²) in [5.41, 5.74) is 1.52. The summed E-state index contributed by atoms with van der Waals surface area (Å²) in [6.45, 7) is 5.00. The molecule has 0 aliphatic carbocycles. The fourth-order valence-electron chi connectivity index (χ4n) is 4.89. The molecule has 14 heteroatoms. The van der Waals surface area contributed by atoms with Gasteiger partial charge in [-0.3, -0.25) is 4.90 Å². The molecule has 3 aromatic rings. The molecular formula is C24H28F3N7O3S. The van der Waals surface area contributed by atoms with Crippen LogP contribution in [0.15, 0.2) is 40.0 Å². The lowest BCUT2D eigenvalue weighted by Crippen LogP contribution is -2.51. The largest absolute Gasteiger partial charge is 0.486 e. The molecule has 1 aromatic carbocycles. The van der Waals surface area contributed by atoms with Gasteiger partial charge in [0.05, 0.1) is 4.90 Å². The summed E-state index contributed by atoms with van der Waals surface area (Å²) in [6.07, 6.45) is -1.39. The van der Waals surface area contributed by atoms with E-state index in [-0.39, 0.29) is 29.5 Å². The van der Waals surface area contributed by atoms with Gasteiger partial charge in [-0.1, -0.05) is 19.0 Å². The van der Waals surface area contributed by atoms with Crippen LogP contribution >= 0.6 is 0 Å². The molecule has 1 fully saturated rings. The highest BCUT2D eigenvalue weighted by Crippen LogP contribution is 2.38. The third-order valence-electron chi connectivity index (χ3n) is 6.86. The van der Waals surface area contributed by atoms with Crippen molar-refractivity contribution in [2.24, 2.45) is 0 Å². The summed E-state index contributed by atoms with van der Waals surface area (Å²) in [7, 11) is -3.37. The molecule has 0 N–H and O–H groups in total. The van der Waals surface area contributed by atoms with Crippen molar-refractivity contribution in [2.75, 3.05) is 40.6 Å². The maximum atomic E-state index is 14.3. The Morgan fingerprint density at radius 3 is 2.47 bits per heavy atom. The summed E-state index contributed by atoms with van der Waals surface area (Å²) in [5, 5.41) is 3.94. The second-order valence-corrected chi connectivity index (χ2v) is 11.9. The van der Waals surface area contributed by atoms with E-state index in [9.17, 15) is 21.6 Å². The number of benzene rings is 1. The highest BCUT2D eigenvalue weighted by Gasteiger charge is 2.44. The normalized spacial score (nSPS) is 16.8. The monoisotopic (exact) mass is 551 g/mol. The lowest BCUT2D eigenvalue weighted by atomic mass is 10.0. The number of hydrogen-bond donors (Lipinski definition) is 0. The molecule has 0 saturated carbocycles. The summed E-state index contributed by atoms with van der Waals surface area (Å²) >= 11 is 0. The van der Waals surface area contributed by atoms with Crippen LogP contribution in [0.5, 0.6) is 0 Å². The van der Waals surface area contributed by atoms with Crippen molar-refractivity contribution in [3.05, 3.63) is 42.0 Å². The minimum absolute atomic E-state index is 0.0852. The average Bonchev–Trinajstić information content (AvgIpc) is 3.51. The van der Waals surface area contributed by atoms with Crippen LogP contribution in [0.2, 0.25) is 0 Å². The minimum Gasteiger partial charge on any atom is -0.326 e. The number of fused-ring (bicyclic) bond motifs is 1. The second kappa shape index (κ2) is 9.71. The molecule has 2 aromatic heterocycles. The number of aromatic nitrogens is 4. The van der Waals surface area contributed by atoms with Crippen LogP contribution in [0.25, 0.3) is 0 Å². The fraction of sp³-hybridized carbons (Fsp3) is 0.500. The summed E-state index contributed by atoms with van der Waals surface area (Å²) in [4.78, 5) is 16.8. The van der Waals surface area contributed by atoms with Gasteiger partial charge >= 0.3 is 12.3 Å². The smallest absolute Gasteiger partial charge is 0.326 e. The molecule has 2 aliphatic heterocycles. The number of piperidine rings is 1. The molecule has 0 bridgehead atoms. The lowest BCUT2D eigenvalue weighted by molar-refractivity contribution is -0.136.